The molecule has 1 unspecified atom stereocenters. The minimum absolute atomic E-state index is 0.0387. The van der Waals surface area contributed by atoms with E-state index in [-0.39, 0.29) is 11.8 Å². The summed E-state index contributed by atoms with van der Waals surface area (Å²) in [7, 11) is 4.12. The molecule has 5 nitrogen and oxygen atoms in total. The van der Waals surface area contributed by atoms with Crippen LogP contribution in [0.2, 0.25) is 0 Å². The molecule has 0 saturated heterocycles. The van der Waals surface area contributed by atoms with Crippen LogP contribution < -0.4 is 11.1 Å². The van der Waals surface area contributed by atoms with E-state index in [0.717, 1.165) is 24.3 Å². The second-order valence-electron chi connectivity index (χ2n) is 5.71. The Kier molecular flexibility index (Phi) is 4.98. The highest BCUT2D eigenvalue weighted by Gasteiger charge is 2.11. The lowest BCUT2D eigenvalue weighted by Crippen LogP contribution is -2.26. The fourth-order valence-electron chi connectivity index (χ4n) is 2.14. The predicted octanol–water partition coefficient (Wildman–Crippen LogP) is 1.74. The van der Waals surface area contributed by atoms with Crippen molar-refractivity contribution in [3.63, 3.8) is 0 Å². The molecule has 0 fully saturated rings. The van der Waals surface area contributed by atoms with Gasteiger partial charge in [-0.05, 0) is 37.7 Å². The van der Waals surface area contributed by atoms with E-state index in [1.165, 1.54) is 5.39 Å². The highest BCUT2D eigenvalue weighted by Crippen LogP contribution is 2.21. The van der Waals surface area contributed by atoms with Crippen molar-refractivity contribution in [3.8, 4) is 0 Å². The molecule has 0 saturated carbocycles. The summed E-state index contributed by atoms with van der Waals surface area (Å²) in [6, 6.07) is 8.08. The Labute approximate surface area is 125 Å². The summed E-state index contributed by atoms with van der Waals surface area (Å²) in [5.74, 6) is -0.218. The van der Waals surface area contributed by atoms with Crippen molar-refractivity contribution in [2.45, 2.75) is 13.5 Å². The topological polar surface area (TPSA) is 63.3 Å². The third kappa shape index (κ3) is 3.83. The lowest BCUT2D eigenvalue weighted by molar-refractivity contribution is -0.119. The molecule has 0 bridgehead atoms. The quantitative estimate of drug-likeness (QED) is 0.851. The van der Waals surface area contributed by atoms with Gasteiger partial charge in [0.15, 0.2) is 0 Å². The number of nitrogens with one attached hydrogen (secondary N) is 1. The van der Waals surface area contributed by atoms with E-state index in [0.29, 0.717) is 6.54 Å². The number of hydrogen-bond donors (Lipinski definition) is 2. The Morgan fingerprint density at radius 2 is 2.14 bits per heavy atom. The van der Waals surface area contributed by atoms with Gasteiger partial charge in [0, 0.05) is 37.4 Å². The summed E-state index contributed by atoms with van der Waals surface area (Å²) in [5.41, 5.74) is 7.47. The summed E-state index contributed by atoms with van der Waals surface area (Å²) >= 11 is 0. The van der Waals surface area contributed by atoms with Gasteiger partial charge in [0.1, 0.15) is 0 Å². The Hall–Kier alpha value is -1.85. The molecule has 3 N–H and O–H groups in total. The van der Waals surface area contributed by atoms with Gasteiger partial charge < -0.3 is 20.5 Å². The second-order valence-corrected chi connectivity index (χ2v) is 5.71. The minimum Gasteiger partial charge on any atom is -0.346 e. The van der Waals surface area contributed by atoms with E-state index in [1.54, 1.807) is 0 Å². The zero-order valence-corrected chi connectivity index (χ0v) is 13.0. The molecule has 1 amide bonds. The number of fused-ring (bicyclic) bond motifs is 1. The van der Waals surface area contributed by atoms with E-state index in [4.69, 9.17) is 5.73 Å². The summed E-state index contributed by atoms with van der Waals surface area (Å²) in [6.45, 7) is 4.08. The van der Waals surface area contributed by atoms with Gasteiger partial charge in [0.05, 0.1) is 5.52 Å². The van der Waals surface area contributed by atoms with Crippen LogP contribution in [0.15, 0.2) is 30.5 Å². The number of nitrogens with two attached hydrogens (primary N) is 1. The van der Waals surface area contributed by atoms with Crippen LogP contribution in [-0.4, -0.2) is 42.6 Å². The molecule has 1 aromatic heterocycles. The number of rotatable bonds is 6. The molecule has 5 heteroatoms. The van der Waals surface area contributed by atoms with E-state index >= 15 is 0 Å². The summed E-state index contributed by atoms with van der Waals surface area (Å²) in [4.78, 5) is 14.1. The molecule has 2 rings (SSSR count). The molecule has 2 aromatic rings. The number of likely N-dealkylation sites (N-methyl/N-ethyl adjacent to an activating group) is 1. The Morgan fingerprint density at radius 1 is 1.38 bits per heavy atom. The monoisotopic (exact) mass is 288 g/mol. The molecule has 21 heavy (non-hydrogen) atoms. The average molecular weight is 288 g/mol. The maximum atomic E-state index is 11.9. The van der Waals surface area contributed by atoms with Gasteiger partial charge in [-0.25, -0.2) is 0 Å². The number of hydrogen-bond acceptors (Lipinski definition) is 3. The maximum absolute atomic E-state index is 11.9. The van der Waals surface area contributed by atoms with Crippen molar-refractivity contribution in [1.29, 1.82) is 0 Å². The van der Waals surface area contributed by atoms with Crippen molar-refractivity contribution in [2.75, 3.05) is 32.5 Å². The van der Waals surface area contributed by atoms with Crippen molar-refractivity contribution < 1.29 is 4.79 Å². The molecule has 0 aliphatic rings. The van der Waals surface area contributed by atoms with Gasteiger partial charge in [0.25, 0.3) is 0 Å². The second kappa shape index (κ2) is 6.74. The molecule has 0 aliphatic carbocycles. The third-order valence-electron chi connectivity index (χ3n) is 3.63. The number of anilines is 1. The standard InChI is InChI=1S/C16H24N4O/c1-12(11-17)16(21)18-14-5-4-13-6-7-20(15(13)10-14)9-8-19(2)3/h4-7,10,12H,8-9,11,17H2,1-3H3,(H,18,21). The Balaban J connectivity index is 2.19. The largest absolute Gasteiger partial charge is 0.346 e. The summed E-state index contributed by atoms with van der Waals surface area (Å²) in [5, 5.41) is 4.10. The zero-order chi connectivity index (χ0) is 15.4. The van der Waals surface area contributed by atoms with E-state index in [1.807, 2.05) is 25.1 Å². The smallest absolute Gasteiger partial charge is 0.228 e. The molecular formula is C16H24N4O. The van der Waals surface area contributed by atoms with Crippen molar-refractivity contribution in [2.24, 2.45) is 11.7 Å². The molecule has 1 atom stereocenters. The van der Waals surface area contributed by atoms with Gasteiger partial charge in [-0.1, -0.05) is 13.0 Å². The first-order chi connectivity index (χ1) is 10.0. The number of aromatic nitrogens is 1. The molecule has 0 spiro atoms. The number of carbonyl (C=O) groups is 1. The molecule has 114 valence electrons. The Morgan fingerprint density at radius 3 is 2.81 bits per heavy atom. The Bertz CT molecular complexity index is 618. The highest BCUT2D eigenvalue weighted by atomic mass is 16.1. The number of benzene rings is 1. The van der Waals surface area contributed by atoms with Gasteiger partial charge in [-0.15, -0.1) is 0 Å². The fourth-order valence-corrected chi connectivity index (χ4v) is 2.14. The third-order valence-corrected chi connectivity index (χ3v) is 3.63. The molecule has 1 heterocycles. The van der Waals surface area contributed by atoms with E-state index in [9.17, 15) is 4.79 Å². The highest BCUT2D eigenvalue weighted by molar-refractivity contribution is 5.95. The van der Waals surface area contributed by atoms with Gasteiger partial charge in [0.2, 0.25) is 5.91 Å². The van der Waals surface area contributed by atoms with Crippen molar-refractivity contribution in [3.05, 3.63) is 30.5 Å². The van der Waals surface area contributed by atoms with Crippen LogP contribution >= 0.6 is 0 Å². The van der Waals surface area contributed by atoms with Crippen LogP contribution in [0.25, 0.3) is 10.9 Å². The molecule has 0 radical (unpaired) electrons. The first-order valence-corrected chi connectivity index (χ1v) is 7.26. The lowest BCUT2D eigenvalue weighted by Gasteiger charge is -2.13. The van der Waals surface area contributed by atoms with Crippen LogP contribution in [0.4, 0.5) is 5.69 Å². The van der Waals surface area contributed by atoms with Crippen LogP contribution in [0.1, 0.15) is 6.92 Å². The van der Waals surface area contributed by atoms with E-state index < -0.39 is 0 Å². The number of amides is 1. The first-order valence-electron chi connectivity index (χ1n) is 7.26. The molecule has 1 aromatic carbocycles. The zero-order valence-electron chi connectivity index (χ0n) is 13.0. The lowest BCUT2D eigenvalue weighted by atomic mass is 10.1. The van der Waals surface area contributed by atoms with Gasteiger partial charge in [-0.3, -0.25) is 4.79 Å². The van der Waals surface area contributed by atoms with Crippen LogP contribution in [0.3, 0.4) is 0 Å². The van der Waals surface area contributed by atoms with Crippen LogP contribution in [0, 0.1) is 5.92 Å². The fraction of sp³-hybridized carbons (Fsp3) is 0.438. The number of nitrogens with zero attached hydrogens (tertiary/aromatic N) is 2. The van der Waals surface area contributed by atoms with Gasteiger partial charge in [-0.2, -0.15) is 0 Å². The first kappa shape index (κ1) is 15.5. The molecular weight excluding hydrogens is 264 g/mol. The summed E-state index contributed by atoms with van der Waals surface area (Å²) in [6.07, 6.45) is 2.09. The van der Waals surface area contributed by atoms with Crippen LogP contribution in [-0.2, 0) is 11.3 Å². The minimum atomic E-state index is -0.179. The van der Waals surface area contributed by atoms with Gasteiger partial charge >= 0.3 is 0 Å². The molecule has 0 aliphatic heterocycles. The summed E-state index contributed by atoms with van der Waals surface area (Å²) < 4.78 is 2.21. The van der Waals surface area contributed by atoms with E-state index in [2.05, 4.69) is 41.1 Å². The van der Waals surface area contributed by atoms with Crippen molar-refractivity contribution in [1.82, 2.24) is 9.47 Å². The normalized spacial score (nSPS) is 12.8. The SMILES string of the molecule is CC(CN)C(=O)Nc1ccc2ccn(CCN(C)C)c2c1. The average Bonchev–Trinajstić information content (AvgIpc) is 2.86. The van der Waals surface area contributed by atoms with Crippen LogP contribution in [0.5, 0.6) is 0 Å². The van der Waals surface area contributed by atoms with Crippen molar-refractivity contribution >= 4 is 22.5 Å². The maximum Gasteiger partial charge on any atom is 0.228 e. The predicted molar refractivity (Wildman–Crippen MR) is 87.3 cm³/mol. The number of carbonyl (C=O) groups excluding carboxylic acids is 1.